The monoisotopic (exact) mass is 286 g/mol. The number of fused-ring (bicyclic) bond motifs is 1. The minimum absolute atomic E-state index is 0.111. The van der Waals surface area contributed by atoms with Gasteiger partial charge in [-0.15, -0.1) is 0 Å². The van der Waals surface area contributed by atoms with E-state index in [1.54, 1.807) is 6.07 Å². The minimum atomic E-state index is -0.356. The Labute approximate surface area is 120 Å². The summed E-state index contributed by atoms with van der Waals surface area (Å²) < 4.78 is 1.86. The van der Waals surface area contributed by atoms with E-state index in [0.717, 1.165) is 10.9 Å². The van der Waals surface area contributed by atoms with Crippen molar-refractivity contribution in [1.29, 1.82) is 0 Å². The lowest BCUT2D eigenvalue weighted by atomic mass is 10.2. The number of aromatic nitrogens is 1. The summed E-state index contributed by atoms with van der Waals surface area (Å²) in [5.74, 6) is 0. The zero-order valence-corrected chi connectivity index (χ0v) is 11.2. The molecule has 0 spiro atoms. The highest BCUT2D eigenvalue weighted by Gasteiger charge is 2.15. The zero-order valence-electron chi connectivity index (χ0n) is 10.5. The van der Waals surface area contributed by atoms with E-state index in [2.05, 4.69) is 0 Å². The fraction of sp³-hybridized carbons (Fsp3) is 0.0667. The summed E-state index contributed by atoms with van der Waals surface area (Å²) in [7, 11) is 0. The zero-order chi connectivity index (χ0) is 14.1. The van der Waals surface area contributed by atoms with Gasteiger partial charge in [0.25, 0.3) is 5.69 Å². The van der Waals surface area contributed by atoms with E-state index in [9.17, 15) is 10.1 Å². The number of nitro benzene ring substituents is 1. The van der Waals surface area contributed by atoms with Gasteiger partial charge in [0, 0.05) is 29.2 Å². The predicted molar refractivity (Wildman–Crippen MR) is 79.1 cm³/mol. The SMILES string of the molecule is O=[N+]([O-])c1cccc2ccn(Cc3ccccc3Cl)c12. The molecule has 0 saturated heterocycles. The molecule has 0 bridgehead atoms. The lowest BCUT2D eigenvalue weighted by molar-refractivity contribution is -0.383. The molecule has 3 rings (SSSR count). The van der Waals surface area contributed by atoms with E-state index in [1.165, 1.54) is 6.07 Å². The molecular weight excluding hydrogens is 276 g/mol. The Morgan fingerprint density at radius 2 is 1.90 bits per heavy atom. The Kier molecular flexibility index (Phi) is 3.16. The maximum atomic E-state index is 11.2. The van der Waals surface area contributed by atoms with Crippen molar-refractivity contribution in [2.24, 2.45) is 0 Å². The molecule has 1 aromatic heterocycles. The molecular formula is C15H11ClN2O2. The van der Waals surface area contributed by atoms with Crippen LogP contribution in [0, 0.1) is 10.1 Å². The topological polar surface area (TPSA) is 48.1 Å². The molecule has 0 amide bonds. The third-order valence-corrected chi connectivity index (χ3v) is 3.63. The summed E-state index contributed by atoms with van der Waals surface area (Å²) in [6.07, 6.45) is 1.85. The number of rotatable bonds is 3. The Bertz CT molecular complexity index is 795. The van der Waals surface area contributed by atoms with Crippen LogP contribution >= 0.6 is 11.6 Å². The van der Waals surface area contributed by atoms with Gasteiger partial charge in [-0.25, -0.2) is 0 Å². The molecule has 0 saturated carbocycles. The lowest BCUT2D eigenvalue weighted by Crippen LogP contribution is -2.01. The molecule has 0 aliphatic rings. The van der Waals surface area contributed by atoms with E-state index < -0.39 is 0 Å². The summed E-state index contributed by atoms with van der Waals surface area (Å²) in [6.45, 7) is 0.508. The third-order valence-electron chi connectivity index (χ3n) is 3.26. The number of para-hydroxylation sites is 1. The predicted octanol–water partition coefficient (Wildman–Crippen LogP) is 4.25. The molecule has 5 heteroatoms. The molecule has 100 valence electrons. The Morgan fingerprint density at radius 3 is 2.65 bits per heavy atom. The van der Waals surface area contributed by atoms with Crippen LogP contribution in [0.2, 0.25) is 5.02 Å². The fourth-order valence-electron chi connectivity index (χ4n) is 2.33. The van der Waals surface area contributed by atoms with Gasteiger partial charge < -0.3 is 4.57 Å². The number of benzene rings is 2. The van der Waals surface area contributed by atoms with E-state index >= 15 is 0 Å². The van der Waals surface area contributed by atoms with Crippen LogP contribution in [0.1, 0.15) is 5.56 Å². The molecule has 1 heterocycles. The van der Waals surface area contributed by atoms with Gasteiger partial charge in [-0.3, -0.25) is 10.1 Å². The van der Waals surface area contributed by atoms with Gasteiger partial charge in [0.2, 0.25) is 0 Å². The first-order chi connectivity index (χ1) is 9.66. The number of non-ortho nitro benzene ring substituents is 1. The second kappa shape index (κ2) is 4.98. The highest BCUT2D eigenvalue weighted by Crippen LogP contribution is 2.28. The van der Waals surface area contributed by atoms with Gasteiger partial charge in [0.1, 0.15) is 5.52 Å². The number of hydrogen-bond acceptors (Lipinski definition) is 2. The van der Waals surface area contributed by atoms with Crippen molar-refractivity contribution in [2.75, 3.05) is 0 Å². The molecule has 0 radical (unpaired) electrons. The molecule has 20 heavy (non-hydrogen) atoms. The average molecular weight is 287 g/mol. The lowest BCUT2D eigenvalue weighted by Gasteiger charge is -2.07. The molecule has 0 aliphatic heterocycles. The van der Waals surface area contributed by atoms with E-state index in [-0.39, 0.29) is 10.6 Å². The van der Waals surface area contributed by atoms with Crippen molar-refractivity contribution < 1.29 is 4.92 Å². The number of nitrogens with zero attached hydrogens (tertiary/aromatic N) is 2. The standard InChI is InChI=1S/C15H11ClN2O2/c16-13-6-2-1-4-12(13)10-17-9-8-11-5-3-7-14(15(11)17)18(19)20/h1-9H,10H2. The van der Waals surface area contributed by atoms with Crippen LogP contribution in [0.3, 0.4) is 0 Å². The summed E-state index contributed by atoms with van der Waals surface area (Å²) in [6, 6.07) is 14.5. The van der Waals surface area contributed by atoms with Crippen LogP contribution in [0.4, 0.5) is 5.69 Å². The number of halogens is 1. The minimum Gasteiger partial charge on any atom is -0.337 e. The van der Waals surface area contributed by atoms with Gasteiger partial charge in [-0.05, 0) is 17.7 Å². The summed E-state index contributed by atoms with van der Waals surface area (Å²) in [5, 5.41) is 12.7. The summed E-state index contributed by atoms with van der Waals surface area (Å²) in [4.78, 5) is 10.8. The van der Waals surface area contributed by atoms with Crippen molar-refractivity contribution in [2.45, 2.75) is 6.54 Å². The van der Waals surface area contributed by atoms with Crippen LogP contribution in [0.25, 0.3) is 10.9 Å². The van der Waals surface area contributed by atoms with Crippen molar-refractivity contribution in [3.8, 4) is 0 Å². The van der Waals surface area contributed by atoms with Crippen LogP contribution in [0.15, 0.2) is 54.7 Å². The Morgan fingerprint density at radius 1 is 1.10 bits per heavy atom. The highest BCUT2D eigenvalue weighted by atomic mass is 35.5. The molecule has 0 fully saturated rings. The smallest absolute Gasteiger partial charge is 0.293 e. The maximum absolute atomic E-state index is 11.2. The Hall–Kier alpha value is -2.33. The third kappa shape index (κ3) is 2.14. The second-order valence-electron chi connectivity index (χ2n) is 4.51. The highest BCUT2D eigenvalue weighted by molar-refractivity contribution is 6.31. The van der Waals surface area contributed by atoms with E-state index in [1.807, 2.05) is 47.2 Å². The van der Waals surface area contributed by atoms with E-state index in [4.69, 9.17) is 11.6 Å². The first kappa shape index (κ1) is 12.7. The summed E-state index contributed by atoms with van der Waals surface area (Å²) >= 11 is 6.15. The second-order valence-corrected chi connectivity index (χ2v) is 4.91. The van der Waals surface area contributed by atoms with Crippen molar-refractivity contribution in [1.82, 2.24) is 4.57 Å². The normalized spacial score (nSPS) is 10.8. The quantitative estimate of drug-likeness (QED) is 0.534. The molecule has 4 nitrogen and oxygen atoms in total. The van der Waals surface area contributed by atoms with Crippen LogP contribution in [-0.4, -0.2) is 9.49 Å². The first-order valence-electron chi connectivity index (χ1n) is 6.12. The first-order valence-corrected chi connectivity index (χ1v) is 6.50. The molecule has 0 unspecified atom stereocenters. The molecule has 0 N–H and O–H groups in total. The fourth-order valence-corrected chi connectivity index (χ4v) is 2.53. The van der Waals surface area contributed by atoms with Gasteiger partial charge in [-0.2, -0.15) is 0 Å². The Balaban J connectivity index is 2.13. The maximum Gasteiger partial charge on any atom is 0.293 e. The van der Waals surface area contributed by atoms with Crippen molar-refractivity contribution in [3.05, 3.63) is 75.4 Å². The van der Waals surface area contributed by atoms with Gasteiger partial charge in [0.05, 0.1) is 4.92 Å². The number of hydrogen-bond donors (Lipinski definition) is 0. The van der Waals surface area contributed by atoms with Gasteiger partial charge in [-0.1, -0.05) is 41.9 Å². The van der Waals surface area contributed by atoms with Gasteiger partial charge >= 0.3 is 0 Å². The molecule has 2 aromatic carbocycles. The van der Waals surface area contributed by atoms with E-state index in [0.29, 0.717) is 17.1 Å². The largest absolute Gasteiger partial charge is 0.337 e. The van der Waals surface area contributed by atoms with Crippen LogP contribution in [-0.2, 0) is 6.54 Å². The average Bonchev–Trinajstić information content (AvgIpc) is 2.84. The molecule has 0 atom stereocenters. The number of nitro groups is 1. The van der Waals surface area contributed by atoms with Crippen molar-refractivity contribution >= 4 is 28.2 Å². The van der Waals surface area contributed by atoms with Crippen LogP contribution in [0.5, 0.6) is 0 Å². The molecule has 0 aliphatic carbocycles. The molecule has 3 aromatic rings. The van der Waals surface area contributed by atoms with Crippen molar-refractivity contribution in [3.63, 3.8) is 0 Å². The van der Waals surface area contributed by atoms with Gasteiger partial charge in [0.15, 0.2) is 0 Å². The summed E-state index contributed by atoms with van der Waals surface area (Å²) in [5.41, 5.74) is 1.67. The van der Waals surface area contributed by atoms with Crippen LogP contribution < -0.4 is 0 Å².